The molecule has 0 radical (unpaired) electrons. The highest BCUT2D eigenvalue weighted by atomic mass is 19.1. The number of hydrogen-bond donors (Lipinski definition) is 2. The first-order valence-electron chi connectivity index (χ1n) is 8.19. The highest BCUT2D eigenvalue weighted by Crippen LogP contribution is 2.44. The third kappa shape index (κ3) is 3.32. The van der Waals surface area contributed by atoms with E-state index in [1.807, 2.05) is 0 Å². The molecule has 2 aromatic rings. The van der Waals surface area contributed by atoms with Crippen LogP contribution in [0.15, 0.2) is 41.9 Å². The fraction of sp³-hybridized carbons (Fsp3) is 0.333. The van der Waals surface area contributed by atoms with Crippen molar-refractivity contribution in [2.24, 2.45) is 5.92 Å². The predicted molar refractivity (Wildman–Crippen MR) is 90.7 cm³/mol. The van der Waals surface area contributed by atoms with Crippen molar-refractivity contribution in [1.29, 1.82) is 0 Å². The van der Waals surface area contributed by atoms with Gasteiger partial charge in [-0.25, -0.2) is 14.4 Å². The molecule has 2 aliphatic carbocycles. The number of nitrogens with zero attached hydrogens (tertiary/aromatic N) is 2. The van der Waals surface area contributed by atoms with Crippen LogP contribution in [0, 0.1) is 11.7 Å². The summed E-state index contributed by atoms with van der Waals surface area (Å²) in [6.07, 6.45) is 6.26. The molecule has 2 saturated carbocycles. The van der Waals surface area contributed by atoms with E-state index in [4.69, 9.17) is 4.74 Å². The van der Waals surface area contributed by atoms with Gasteiger partial charge in [0.05, 0.1) is 0 Å². The van der Waals surface area contributed by atoms with Crippen molar-refractivity contribution in [3.8, 4) is 11.6 Å². The van der Waals surface area contributed by atoms with Crippen molar-refractivity contribution in [1.82, 2.24) is 9.97 Å². The third-order valence-corrected chi connectivity index (χ3v) is 4.21. The number of hydrogen-bond acceptors (Lipinski definition) is 5. The van der Waals surface area contributed by atoms with E-state index >= 15 is 0 Å². The van der Waals surface area contributed by atoms with Crippen molar-refractivity contribution in [3.63, 3.8) is 0 Å². The van der Waals surface area contributed by atoms with Gasteiger partial charge in [0.15, 0.2) is 11.6 Å². The Balaban J connectivity index is 1.51. The Morgan fingerprint density at radius 2 is 2.04 bits per heavy atom. The van der Waals surface area contributed by atoms with Crippen molar-refractivity contribution in [2.45, 2.75) is 25.7 Å². The molecule has 24 heavy (non-hydrogen) atoms. The number of halogens is 1. The number of ether oxygens (including phenoxy) is 1. The minimum atomic E-state index is -0.436. The number of benzene rings is 1. The van der Waals surface area contributed by atoms with Crippen LogP contribution in [-0.4, -0.2) is 17.0 Å². The average molecular weight is 326 g/mol. The summed E-state index contributed by atoms with van der Waals surface area (Å²) in [5.74, 6) is 1.36. The molecule has 0 aliphatic heterocycles. The molecule has 0 amide bonds. The second-order valence-corrected chi connectivity index (χ2v) is 6.16. The van der Waals surface area contributed by atoms with Crippen LogP contribution in [0.2, 0.25) is 0 Å². The Morgan fingerprint density at radius 3 is 2.71 bits per heavy atom. The normalized spacial score (nSPS) is 15.8. The van der Waals surface area contributed by atoms with Gasteiger partial charge in [-0.15, -0.1) is 0 Å². The molecular weight excluding hydrogens is 307 g/mol. The Bertz CT molecular complexity index is 795. The Hall–Kier alpha value is -2.63. The molecule has 0 unspecified atom stereocenters. The van der Waals surface area contributed by atoms with E-state index in [0.717, 1.165) is 0 Å². The third-order valence-electron chi connectivity index (χ3n) is 4.21. The van der Waals surface area contributed by atoms with Crippen LogP contribution >= 0.6 is 0 Å². The standard InChI is InChI=1S/C18H19FN4O/c1-20-13-6-7-15(14(19)8-13)24-17-9-16(21-10-22-17)23-18(11-2-3-11)12-4-5-12/h6-11,20H,2-5H2,1H3,(H,21,22,23). The van der Waals surface area contributed by atoms with E-state index in [2.05, 4.69) is 20.6 Å². The molecule has 1 heterocycles. The SMILES string of the molecule is CNc1ccc(Oc2cc(NC(=C3CC3)C3CC3)ncn2)c(F)c1. The molecule has 2 aliphatic rings. The summed E-state index contributed by atoms with van der Waals surface area (Å²) < 4.78 is 19.6. The maximum absolute atomic E-state index is 14.0. The van der Waals surface area contributed by atoms with Gasteiger partial charge in [-0.1, -0.05) is 0 Å². The Kier molecular flexibility index (Phi) is 3.80. The highest BCUT2D eigenvalue weighted by molar-refractivity contribution is 5.50. The van der Waals surface area contributed by atoms with Gasteiger partial charge in [0, 0.05) is 30.6 Å². The van der Waals surface area contributed by atoms with Crippen LogP contribution < -0.4 is 15.4 Å². The fourth-order valence-corrected chi connectivity index (χ4v) is 2.64. The van der Waals surface area contributed by atoms with Crippen LogP contribution in [0.1, 0.15) is 25.7 Å². The van der Waals surface area contributed by atoms with Crippen molar-refractivity contribution < 1.29 is 9.13 Å². The van der Waals surface area contributed by atoms with Gasteiger partial charge < -0.3 is 15.4 Å². The maximum atomic E-state index is 14.0. The van der Waals surface area contributed by atoms with Crippen LogP contribution in [0.25, 0.3) is 0 Å². The van der Waals surface area contributed by atoms with Gasteiger partial charge in [0.25, 0.3) is 0 Å². The average Bonchev–Trinajstić information content (AvgIpc) is 3.48. The van der Waals surface area contributed by atoms with Gasteiger partial charge >= 0.3 is 0 Å². The summed E-state index contributed by atoms with van der Waals surface area (Å²) in [5, 5.41) is 6.29. The molecule has 0 atom stereocenters. The summed E-state index contributed by atoms with van der Waals surface area (Å²) in [7, 11) is 1.74. The summed E-state index contributed by atoms with van der Waals surface area (Å²) in [6, 6.07) is 6.43. The molecule has 124 valence electrons. The molecule has 0 saturated heterocycles. The van der Waals surface area contributed by atoms with Crippen molar-refractivity contribution in [2.75, 3.05) is 17.7 Å². The molecule has 4 rings (SSSR count). The van der Waals surface area contributed by atoms with E-state index < -0.39 is 5.82 Å². The first kappa shape index (κ1) is 14.9. The number of anilines is 2. The van der Waals surface area contributed by atoms with Gasteiger partial charge in [-0.2, -0.15) is 0 Å². The van der Waals surface area contributed by atoms with E-state index in [1.54, 1.807) is 25.2 Å². The lowest BCUT2D eigenvalue weighted by atomic mass is 10.2. The number of aromatic nitrogens is 2. The predicted octanol–water partition coefficient (Wildman–Crippen LogP) is 4.32. The zero-order chi connectivity index (χ0) is 16.5. The van der Waals surface area contributed by atoms with E-state index in [-0.39, 0.29) is 5.75 Å². The quantitative estimate of drug-likeness (QED) is 0.828. The molecule has 0 bridgehead atoms. The monoisotopic (exact) mass is 326 g/mol. The first-order valence-corrected chi connectivity index (χ1v) is 8.19. The van der Waals surface area contributed by atoms with Crippen LogP contribution in [-0.2, 0) is 0 Å². The van der Waals surface area contributed by atoms with Crippen LogP contribution in [0.4, 0.5) is 15.9 Å². The minimum Gasteiger partial charge on any atom is -0.436 e. The number of allylic oxidation sites excluding steroid dienone is 2. The zero-order valence-electron chi connectivity index (χ0n) is 13.5. The van der Waals surface area contributed by atoms with Gasteiger partial charge in [-0.3, -0.25) is 0 Å². The lowest BCUT2D eigenvalue weighted by Gasteiger charge is -2.11. The van der Waals surface area contributed by atoms with Gasteiger partial charge in [-0.05, 0) is 49.3 Å². The highest BCUT2D eigenvalue weighted by Gasteiger charge is 2.32. The maximum Gasteiger partial charge on any atom is 0.224 e. The second-order valence-electron chi connectivity index (χ2n) is 6.16. The van der Waals surface area contributed by atoms with Crippen molar-refractivity contribution in [3.05, 3.63) is 47.7 Å². The Morgan fingerprint density at radius 1 is 1.21 bits per heavy atom. The molecule has 1 aromatic heterocycles. The van der Waals surface area contributed by atoms with Crippen LogP contribution in [0.5, 0.6) is 11.6 Å². The second kappa shape index (κ2) is 6.11. The molecule has 2 fully saturated rings. The van der Waals surface area contributed by atoms with Crippen LogP contribution in [0.3, 0.4) is 0 Å². The topological polar surface area (TPSA) is 59.1 Å². The molecule has 5 nitrogen and oxygen atoms in total. The minimum absolute atomic E-state index is 0.140. The molecule has 2 N–H and O–H groups in total. The van der Waals surface area contributed by atoms with Gasteiger partial charge in [0.2, 0.25) is 5.88 Å². The first-order chi connectivity index (χ1) is 11.7. The van der Waals surface area contributed by atoms with E-state index in [1.165, 1.54) is 49.3 Å². The summed E-state index contributed by atoms with van der Waals surface area (Å²) in [4.78, 5) is 8.33. The lowest BCUT2D eigenvalue weighted by Crippen LogP contribution is -2.04. The Labute approximate surface area is 140 Å². The molecule has 0 spiro atoms. The molecule has 6 heteroatoms. The molecule has 1 aromatic carbocycles. The van der Waals surface area contributed by atoms with Crippen molar-refractivity contribution >= 4 is 11.5 Å². The summed E-state index contributed by atoms with van der Waals surface area (Å²) in [5.41, 5.74) is 3.49. The largest absolute Gasteiger partial charge is 0.436 e. The lowest BCUT2D eigenvalue weighted by molar-refractivity contribution is 0.427. The van der Waals surface area contributed by atoms with E-state index in [0.29, 0.717) is 23.3 Å². The summed E-state index contributed by atoms with van der Waals surface area (Å²) >= 11 is 0. The van der Waals surface area contributed by atoms with Gasteiger partial charge in [0.1, 0.15) is 12.1 Å². The fourth-order valence-electron chi connectivity index (χ4n) is 2.64. The smallest absolute Gasteiger partial charge is 0.224 e. The number of nitrogens with one attached hydrogen (secondary N) is 2. The molecular formula is C18H19FN4O. The van der Waals surface area contributed by atoms with E-state index in [9.17, 15) is 4.39 Å². The zero-order valence-corrected chi connectivity index (χ0v) is 13.5. The summed E-state index contributed by atoms with van der Waals surface area (Å²) in [6.45, 7) is 0. The number of rotatable bonds is 6.